The highest BCUT2D eigenvalue weighted by atomic mass is 32.2. The number of carbonyl (C=O) groups excluding carboxylic acids is 1. The number of amides is 1. The number of nitrogens with one attached hydrogen (secondary N) is 2. The van der Waals surface area contributed by atoms with Crippen LogP contribution < -0.4 is 10.1 Å². The fourth-order valence-electron chi connectivity index (χ4n) is 2.25. The first-order valence-electron chi connectivity index (χ1n) is 8.40. The van der Waals surface area contributed by atoms with Crippen molar-refractivity contribution < 1.29 is 18.3 Å². The summed E-state index contributed by atoms with van der Waals surface area (Å²) in [4.78, 5) is 12.5. The Morgan fingerprint density at radius 3 is 2.22 bits per heavy atom. The summed E-state index contributed by atoms with van der Waals surface area (Å²) >= 11 is 0. The van der Waals surface area contributed by atoms with Gasteiger partial charge in [0.25, 0.3) is 5.91 Å². The summed E-state index contributed by atoms with van der Waals surface area (Å²) in [6, 6.07) is 11.7. The van der Waals surface area contributed by atoms with Gasteiger partial charge in [0.1, 0.15) is 11.8 Å². The third kappa shape index (κ3) is 5.90. The fraction of sp³-hybridized carbons (Fsp3) is 0.263. The van der Waals surface area contributed by atoms with Crippen molar-refractivity contribution in [3.63, 3.8) is 0 Å². The van der Waals surface area contributed by atoms with Gasteiger partial charge in [0, 0.05) is 0 Å². The molecule has 0 aromatic heterocycles. The Balaban J connectivity index is 2.08. The zero-order valence-corrected chi connectivity index (χ0v) is 16.2. The lowest BCUT2D eigenvalue weighted by atomic mass is 10.1. The second kappa shape index (κ2) is 8.79. The lowest BCUT2D eigenvalue weighted by Gasteiger charge is -2.20. The molecular weight excluding hydrogens is 366 g/mol. The molecule has 0 aliphatic heterocycles. The number of phenolic OH excluding ortho intramolecular Hbond substituents is 1. The third-order valence-electron chi connectivity index (χ3n) is 3.84. The van der Waals surface area contributed by atoms with E-state index in [-0.39, 0.29) is 16.6 Å². The number of hydrogen-bond donors (Lipinski definition) is 3. The molecule has 0 aliphatic carbocycles. The Labute approximate surface area is 159 Å². The molecular formula is C19H23N3O4S. The largest absolute Gasteiger partial charge is 0.508 e. The molecule has 2 rings (SSSR count). The Morgan fingerprint density at radius 1 is 1.07 bits per heavy atom. The molecule has 27 heavy (non-hydrogen) atoms. The van der Waals surface area contributed by atoms with Crippen LogP contribution >= 0.6 is 0 Å². The molecule has 0 fully saturated rings. The van der Waals surface area contributed by atoms with Crippen LogP contribution in [0.1, 0.15) is 25.0 Å². The van der Waals surface area contributed by atoms with Gasteiger partial charge in [-0.3, -0.25) is 4.79 Å². The van der Waals surface area contributed by atoms with E-state index in [0.717, 1.165) is 5.56 Å². The molecule has 1 atom stereocenters. The minimum atomic E-state index is -3.84. The number of hydrazone groups is 1. The minimum Gasteiger partial charge on any atom is -0.508 e. The summed E-state index contributed by atoms with van der Waals surface area (Å²) in [5, 5.41) is 13.1. The van der Waals surface area contributed by atoms with Crippen LogP contribution in [0.2, 0.25) is 0 Å². The van der Waals surface area contributed by atoms with E-state index in [1.54, 1.807) is 38.1 Å². The number of hydrogen-bond acceptors (Lipinski definition) is 5. The summed E-state index contributed by atoms with van der Waals surface area (Å²) in [5.41, 5.74) is 3.97. The number of benzene rings is 2. The van der Waals surface area contributed by atoms with Crippen LogP contribution in [-0.2, 0) is 14.8 Å². The lowest BCUT2D eigenvalue weighted by Crippen LogP contribution is -2.48. The minimum absolute atomic E-state index is 0.0964. The summed E-state index contributed by atoms with van der Waals surface area (Å²) in [5.74, 6) is -0.716. The Kier molecular flexibility index (Phi) is 6.70. The van der Waals surface area contributed by atoms with Crippen molar-refractivity contribution in [2.24, 2.45) is 11.0 Å². The third-order valence-corrected chi connectivity index (χ3v) is 5.30. The van der Waals surface area contributed by atoms with Gasteiger partial charge in [0.05, 0.1) is 11.1 Å². The predicted molar refractivity (Wildman–Crippen MR) is 104 cm³/mol. The normalized spacial score (nSPS) is 13.0. The van der Waals surface area contributed by atoms with Gasteiger partial charge in [-0.1, -0.05) is 31.5 Å². The Bertz CT molecular complexity index is 905. The van der Waals surface area contributed by atoms with Crippen LogP contribution in [0.5, 0.6) is 5.75 Å². The van der Waals surface area contributed by atoms with Crippen LogP contribution in [-0.4, -0.2) is 31.7 Å². The number of sulfonamides is 1. The van der Waals surface area contributed by atoms with Crippen LogP contribution in [0.15, 0.2) is 58.5 Å². The van der Waals surface area contributed by atoms with E-state index in [9.17, 15) is 18.3 Å². The van der Waals surface area contributed by atoms with Crippen molar-refractivity contribution in [2.75, 3.05) is 0 Å². The molecule has 0 unspecified atom stereocenters. The molecule has 7 nitrogen and oxygen atoms in total. The molecule has 0 saturated heterocycles. The first kappa shape index (κ1) is 20.6. The number of rotatable bonds is 7. The van der Waals surface area contributed by atoms with E-state index in [2.05, 4.69) is 15.2 Å². The van der Waals surface area contributed by atoms with Crippen LogP contribution in [0.4, 0.5) is 0 Å². The molecule has 0 spiro atoms. The summed E-state index contributed by atoms with van der Waals surface area (Å²) in [7, 11) is -3.84. The summed E-state index contributed by atoms with van der Waals surface area (Å²) in [6.07, 6.45) is 1.41. The zero-order valence-electron chi connectivity index (χ0n) is 15.4. The number of phenols is 1. The fourth-order valence-corrected chi connectivity index (χ4v) is 3.59. The first-order valence-corrected chi connectivity index (χ1v) is 9.88. The van der Waals surface area contributed by atoms with Crippen molar-refractivity contribution >= 4 is 22.1 Å². The highest BCUT2D eigenvalue weighted by Crippen LogP contribution is 2.13. The van der Waals surface area contributed by atoms with E-state index < -0.39 is 22.0 Å². The maximum absolute atomic E-state index is 12.5. The summed E-state index contributed by atoms with van der Waals surface area (Å²) < 4.78 is 27.5. The maximum Gasteiger partial charge on any atom is 0.258 e. The van der Waals surface area contributed by atoms with E-state index >= 15 is 0 Å². The summed E-state index contributed by atoms with van der Waals surface area (Å²) in [6.45, 7) is 5.34. The van der Waals surface area contributed by atoms with Crippen molar-refractivity contribution in [2.45, 2.75) is 31.7 Å². The molecule has 2 aromatic rings. The molecule has 0 heterocycles. The molecule has 0 saturated carbocycles. The molecule has 0 bridgehead atoms. The van der Waals surface area contributed by atoms with Gasteiger partial charge >= 0.3 is 0 Å². The smallest absolute Gasteiger partial charge is 0.258 e. The highest BCUT2D eigenvalue weighted by Gasteiger charge is 2.28. The zero-order chi connectivity index (χ0) is 20.0. The Morgan fingerprint density at radius 2 is 1.67 bits per heavy atom. The quantitative estimate of drug-likeness (QED) is 0.498. The monoisotopic (exact) mass is 389 g/mol. The van der Waals surface area contributed by atoms with Gasteiger partial charge in [0.15, 0.2) is 0 Å². The van der Waals surface area contributed by atoms with Crippen LogP contribution in [0.3, 0.4) is 0 Å². The van der Waals surface area contributed by atoms with Gasteiger partial charge in [-0.2, -0.15) is 9.82 Å². The van der Waals surface area contributed by atoms with E-state index in [0.29, 0.717) is 5.56 Å². The molecule has 144 valence electrons. The number of carbonyl (C=O) groups is 1. The van der Waals surface area contributed by atoms with Crippen molar-refractivity contribution in [3.8, 4) is 5.75 Å². The molecule has 1 amide bonds. The van der Waals surface area contributed by atoms with E-state index in [1.807, 2.05) is 6.92 Å². The van der Waals surface area contributed by atoms with Gasteiger partial charge in [-0.15, -0.1) is 0 Å². The van der Waals surface area contributed by atoms with Crippen molar-refractivity contribution in [1.29, 1.82) is 0 Å². The molecule has 3 N–H and O–H groups in total. The number of aromatic hydroxyl groups is 1. The average Bonchev–Trinajstić information content (AvgIpc) is 2.61. The van der Waals surface area contributed by atoms with Gasteiger partial charge in [0.2, 0.25) is 10.0 Å². The van der Waals surface area contributed by atoms with Gasteiger partial charge in [-0.25, -0.2) is 13.8 Å². The predicted octanol–water partition coefficient (Wildman–Crippen LogP) is 2.15. The standard InChI is InChI=1S/C19H23N3O4S/c1-13(2)18(22-27(25,26)17-10-4-14(3)5-11-17)19(24)21-20-12-15-6-8-16(23)9-7-15/h4-13,18,22-23H,1-3H3,(H,21,24)/b20-12-/t18-/m1/s1. The molecule has 0 aliphatic rings. The second-order valence-electron chi connectivity index (χ2n) is 6.48. The van der Waals surface area contributed by atoms with Gasteiger partial charge in [-0.05, 0) is 54.8 Å². The highest BCUT2D eigenvalue weighted by molar-refractivity contribution is 7.89. The van der Waals surface area contributed by atoms with E-state index in [4.69, 9.17) is 0 Å². The Hall–Kier alpha value is -2.71. The number of aryl methyl sites for hydroxylation is 1. The second-order valence-corrected chi connectivity index (χ2v) is 8.20. The molecule has 2 aromatic carbocycles. The van der Waals surface area contributed by atoms with Crippen LogP contribution in [0, 0.1) is 12.8 Å². The van der Waals surface area contributed by atoms with Gasteiger partial charge < -0.3 is 5.11 Å². The van der Waals surface area contributed by atoms with Crippen LogP contribution in [0.25, 0.3) is 0 Å². The van der Waals surface area contributed by atoms with E-state index in [1.165, 1.54) is 30.5 Å². The SMILES string of the molecule is Cc1ccc(S(=O)(=O)N[C@@H](C(=O)N/N=C\c2ccc(O)cc2)C(C)C)cc1. The van der Waals surface area contributed by atoms with Crippen molar-refractivity contribution in [3.05, 3.63) is 59.7 Å². The average molecular weight is 389 g/mol. The maximum atomic E-state index is 12.5. The first-order chi connectivity index (χ1) is 12.7. The topological polar surface area (TPSA) is 108 Å². The lowest BCUT2D eigenvalue weighted by molar-refractivity contribution is -0.123. The van der Waals surface area contributed by atoms with Crippen molar-refractivity contribution in [1.82, 2.24) is 10.1 Å². The molecule has 0 radical (unpaired) electrons. The number of nitrogens with zero attached hydrogens (tertiary/aromatic N) is 1. The molecule has 8 heteroatoms.